The first kappa shape index (κ1) is 15.0. The van der Waals surface area contributed by atoms with Gasteiger partial charge in [0.15, 0.2) is 0 Å². The van der Waals surface area contributed by atoms with Crippen molar-refractivity contribution in [1.82, 2.24) is 4.90 Å². The molecule has 0 aliphatic carbocycles. The van der Waals surface area contributed by atoms with Gasteiger partial charge in [0.25, 0.3) is 0 Å². The van der Waals surface area contributed by atoms with Crippen LogP contribution in [0.2, 0.25) is 0 Å². The van der Waals surface area contributed by atoms with Crippen LogP contribution in [0.15, 0.2) is 22.7 Å². The second kappa shape index (κ2) is 6.84. The Morgan fingerprint density at radius 1 is 1.47 bits per heavy atom. The molecule has 0 aromatic heterocycles. The van der Waals surface area contributed by atoms with Gasteiger partial charge in [-0.3, -0.25) is 4.90 Å². The van der Waals surface area contributed by atoms with Gasteiger partial charge in [0.2, 0.25) is 0 Å². The zero-order valence-electron chi connectivity index (χ0n) is 11.7. The lowest BCUT2D eigenvalue weighted by atomic mass is 9.98. The molecule has 0 spiro atoms. The number of piperidine rings is 1. The monoisotopic (exact) mass is 326 g/mol. The van der Waals surface area contributed by atoms with Gasteiger partial charge in [-0.1, -0.05) is 28.1 Å². The van der Waals surface area contributed by atoms with Gasteiger partial charge < -0.3 is 10.5 Å². The van der Waals surface area contributed by atoms with Crippen molar-refractivity contribution in [3.05, 3.63) is 33.8 Å². The fourth-order valence-electron chi connectivity index (χ4n) is 2.73. The highest BCUT2D eigenvalue weighted by atomic mass is 79.9. The van der Waals surface area contributed by atoms with E-state index in [1.165, 1.54) is 15.6 Å². The topological polar surface area (TPSA) is 38.5 Å². The number of hydrogen-bond acceptors (Lipinski definition) is 3. The molecule has 106 valence electrons. The van der Waals surface area contributed by atoms with Crippen LogP contribution in [-0.2, 0) is 11.3 Å². The summed E-state index contributed by atoms with van der Waals surface area (Å²) >= 11 is 3.66. The van der Waals surface area contributed by atoms with E-state index in [0.717, 1.165) is 25.9 Å². The van der Waals surface area contributed by atoms with Crippen LogP contribution in [0.25, 0.3) is 0 Å². The third-order valence-corrected chi connectivity index (χ3v) is 4.72. The maximum absolute atomic E-state index is 5.92. The van der Waals surface area contributed by atoms with Crippen LogP contribution in [0, 0.1) is 6.92 Å². The number of rotatable bonds is 4. The molecule has 3 nitrogen and oxygen atoms in total. The normalized spacial score (nSPS) is 24.6. The fourth-order valence-corrected chi connectivity index (χ4v) is 3.35. The first-order chi connectivity index (χ1) is 9.13. The van der Waals surface area contributed by atoms with Gasteiger partial charge >= 0.3 is 0 Å². The van der Waals surface area contributed by atoms with Crippen LogP contribution < -0.4 is 5.73 Å². The van der Waals surface area contributed by atoms with Crippen molar-refractivity contribution in [3.63, 3.8) is 0 Å². The highest BCUT2D eigenvalue weighted by Crippen LogP contribution is 2.25. The number of nitrogens with zero attached hydrogens (tertiary/aromatic N) is 1. The summed E-state index contributed by atoms with van der Waals surface area (Å²) < 4.78 is 6.66. The van der Waals surface area contributed by atoms with Crippen molar-refractivity contribution >= 4 is 15.9 Å². The van der Waals surface area contributed by atoms with Crippen LogP contribution in [0.1, 0.15) is 24.0 Å². The Kier molecular flexibility index (Phi) is 5.39. The summed E-state index contributed by atoms with van der Waals surface area (Å²) in [6, 6.07) is 6.97. The van der Waals surface area contributed by atoms with Gasteiger partial charge in [0.1, 0.15) is 0 Å². The van der Waals surface area contributed by atoms with Crippen molar-refractivity contribution in [3.8, 4) is 0 Å². The minimum Gasteiger partial charge on any atom is -0.381 e. The van der Waals surface area contributed by atoms with Crippen molar-refractivity contribution in [2.24, 2.45) is 5.73 Å². The summed E-state index contributed by atoms with van der Waals surface area (Å²) in [5, 5.41) is 0. The molecule has 1 saturated heterocycles. The van der Waals surface area contributed by atoms with E-state index in [9.17, 15) is 0 Å². The van der Waals surface area contributed by atoms with Gasteiger partial charge in [-0.05, 0) is 37.0 Å². The molecule has 0 saturated carbocycles. The summed E-state index contributed by atoms with van der Waals surface area (Å²) in [5.41, 5.74) is 8.53. The molecule has 4 heteroatoms. The molecule has 19 heavy (non-hydrogen) atoms. The lowest BCUT2D eigenvalue weighted by Crippen LogP contribution is -2.48. The molecule has 1 heterocycles. The maximum Gasteiger partial charge on any atom is 0.0599 e. The van der Waals surface area contributed by atoms with Crippen LogP contribution in [-0.4, -0.2) is 37.2 Å². The molecule has 1 aliphatic heterocycles. The van der Waals surface area contributed by atoms with Gasteiger partial charge in [-0.25, -0.2) is 0 Å². The number of likely N-dealkylation sites (tertiary alicyclic amines) is 1. The van der Waals surface area contributed by atoms with E-state index in [2.05, 4.69) is 46.0 Å². The van der Waals surface area contributed by atoms with Gasteiger partial charge in [-0.15, -0.1) is 0 Å². The molecule has 0 bridgehead atoms. The van der Waals surface area contributed by atoms with Crippen molar-refractivity contribution < 1.29 is 4.74 Å². The molecule has 2 N–H and O–H groups in total. The first-order valence-corrected chi connectivity index (χ1v) is 7.65. The molecule has 2 rings (SSSR count). The molecule has 1 aromatic rings. The van der Waals surface area contributed by atoms with E-state index in [1.54, 1.807) is 7.11 Å². The Hall–Kier alpha value is -0.420. The van der Waals surface area contributed by atoms with E-state index in [0.29, 0.717) is 18.7 Å². The highest BCUT2D eigenvalue weighted by Gasteiger charge is 2.27. The molecule has 2 unspecified atom stereocenters. The number of benzene rings is 1. The minimum atomic E-state index is 0.367. The second-order valence-electron chi connectivity index (χ2n) is 5.34. The quantitative estimate of drug-likeness (QED) is 0.924. The molecule has 1 aliphatic rings. The van der Waals surface area contributed by atoms with E-state index in [1.807, 2.05) is 0 Å². The van der Waals surface area contributed by atoms with Crippen LogP contribution in [0.5, 0.6) is 0 Å². The second-order valence-corrected chi connectivity index (χ2v) is 6.19. The molecule has 1 aromatic carbocycles. The number of methoxy groups -OCH3 is 1. The summed E-state index contributed by atoms with van der Waals surface area (Å²) in [5.74, 6) is 0. The third kappa shape index (κ3) is 3.78. The third-order valence-electron chi connectivity index (χ3n) is 3.98. The largest absolute Gasteiger partial charge is 0.381 e. The Morgan fingerprint density at radius 2 is 2.26 bits per heavy atom. The first-order valence-electron chi connectivity index (χ1n) is 6.86. The Bertz CT molecular complexity index is 425. The lowest BCUT2D eigenvalue weighted by Gasteiger charge is -2.38. The molecule has 0 amide bonds. The minimum absolute atomic E-state index is 0.367. The Morgan fingerprint density at radius 3 is 2.89 bits per heavy atom. The van der Waals surface area contributed by atoms with E-state index < -0.39 is 0 Å². The molecule has 0 radical (unpaired) electrons. The van der Waals surface area contributed by atoms with E-state index >= 15 is 0 Å². The zero-order valence-corrected chi connectivity index (χ0v) is 13.3. The maximum atomic E-state index is 5.92. The number of ether oxygens (including phenoxy) is 1. The Balaban J connectivity index is 2.05. The Labute approximate surface area is 124 Å². The van der Waals surface area contributed by atoms with Gasteiger partial charge in [0, 0.05) is 37.3 Å². The van der Waals surface area contributed by atoms with Crippen molar-refractivity contribution in [1.29, 1.82) is 0 Å². The summed E-state index contributed by atoms with van der Waals surface area (Å²) in [7, 11) is 1.80. The van der Waals surface area contributed by atoms with E-state index in [-0.39, 0.29) is 0 Å². The standard InChI is InChI=1S/C15H23BrN2O/c1-11-3-4-12(15(16)7-11)10-18-6-5-14(19-2)8-13(18)9-17/h3-4,7,13-14H,5-6,8-10,17H2,1-2H3. The summed E-state index contributed by atoms with van der Waals surface area (Å²) in [6.07, 6.45) is 2.50. The van der Waals surface area contributed by atoms with Crippen molar-refractivity contribution in [2.45, 2.75) is 38.5 Å². The lowest BCUT2D eigenvalue weighted by molar-refractivity contribution is 0.0101. The van der Waals surface area contributed by atoms with Gasteiger partial charge in [0.05, 0.1) is 6.10 Å². The predicted octanol–water partition coefficient (Wildman–Crippen LogP) is 2.70. The number of aryl methyl sites for hydroxylation is 1. The number of halogens is 1. The summed E-state index contributed by atoms with van der Waals surface area (Å²) in [6.45, 7) is 4.82. The SMILES string of the molecule is COC1CCN(Cc2ccc(C)cc2Br)C(CN)C1. The van der Waals surface area contributed by atoms with Crippen LogP contribution in [0.4, 0.5) is 0 Å². The predicted molar refractivity (Wildman–Crippen MR) is 82.2 cm³/mol. The average molecular weight is 327 g/mol. The van der Waals surface area contributed by atoms with E-state index in [4.69, 9.17) is 10.5 Å². The van der Waals surface area contributed by atoms with Crippen molar-refractivity contribution in [2.75, 3.05) is 20.2 Å². The highest BCUT2D eigenvalue weighted by molar-refractivity contribution is 9.10. The molecule has 1 fully saturated rings. The van der Waals surface area contributed by atoms with Gasteiger partial charge in [-0.2, -0.15) is 0 Å². The number of hydrogen-bond donors (Lipinski definition) is 1. The molecular formula is C15H23BrN2O. The molecular weight excluding hydrogens is 304 g/mol. The smallest absolute Gasteiger partial charge is 0.0599 e. The number of nitrogens with two attached hydrogens (primary N) is 1. The molecule has 2 atom stereocenters. The fraction of sp³-hybridized carbons (Fsp3) is 0.600. The zero-order chi connectivity index (χ0) is 13.8. The van der Waals surface area contributed by atoms with Crippen LogP contribution >= 0.6 is 15.9 Å². The van der Waals surface area contributed by atoms with Crippen LogP contribution in [0.3, 0.4) is 0 Å². The summed E-state index contributed by atoms with van der Waals surface area (Å²) in [4.78, 5) is 2.48. The average Bonchev–Trinajstić information content (AvgIpc) is 2.42.